The predicted molar refractivity (Wildman–Crippen MR) is 147 cm³/mol. The molecule has 0 aliphatic rings. The molecule has 2 aromatic carbocycles. The SMILES string of the molecule is CNC(=O)c1ccccc1Nc1nc(Nc2ccc(CP(=O)(OCCOC)OCCOC)cc2)ncc1C(F)(F)F. The van der Waals surface area contributed by atoms with Gasteiger partial charge in [-0.15, -0.1) is 0 Å². The van der Waals surface area contributed by atoms with Gasteiger partial charge in [-0.1, -0.05) is 24.3 Å². The highest BCUT2D eigenvalue weighted by atomic mass is 31.2. The fourth-order valence-corrected chi connectivity index (χ4v) is 5.11. The molecule has 0 fully saturated rings. The summed E-state index contributed by atoms with van der Waals surface area (Å²) >= 11 is 0. The lowest BCUT2D eigenvalue weighted by Crippen LogP contribution is -2.20. The van der Waals surface area contributed by atoms with E-state index >= 15 is 0 Å². The molecular formula is C26H31F3N5O6P. The van der Waals surface area contributed by atoms with Gasteiger partial charge in [0.05, 0.1) is 43.8 Å². The van der Waals surface area contributed by atoms with Gasteiger partial charge < -0.3 is 34.5 Å². The van der Waals surface area contributed by atoms with Crippen molar-refractivity contribution in [3.05, 3.63) is 71.4 Å². The Morgan fingerprint density at radius 1 is 0.927 bits per heavy atom. The van der Waals surface area contributed by atoms with Crippen molar-refractivity contribution in [2.75, 3.05) is 58.3 Å². The number of methoxy groups -OCH3 is 2. The van der Waals surface area contributed by atoms with Crippen LogP contribution in [0.15, 0.2) is 54.7 Å². The number of nitrogens with zero attached hydrogens (tertiary/aromatic N) is 2. The number of alkyl halides is 3. The van der Waals surface area contributed by atoms with Crippen molar-refractivity contribution in [3.8, 4) is 0 Å². The highest BCUT2D eigenvalue weighted by Gasteiger charge is 2.35. The molecule has 3 N–H and O–H groups in total. The molecule has 0 spiro atoms. The van der Waals surface area contributed by atoms with E-state index in [1.807, 2.05) is 0 Å². The molecule has 0 bridgehead atoms. The molecule has 1 aromatic heterocycles. The quantitative estimate of drug-likeness (QED) is 0.155. The number of halogens is 3. The van der Waals surface area contributed by atoms with E-state index in [1.54, 1.807) is 36.4 Å². The largest absolute Gasteiger partial charge is 0.421 e. The smallest absolute Gasteiger partial charge is 0.382 e. The van der Waals surface area contributed by atoms with Crippen LogP contribution >= 0.6 is 7.60 Å². The highest BCUT2D eigenvalue weighted by Crippen LogP contribution is 2.51. The van der Waals surface area contributed by atoms with Crippen molar-refractivity contribution in [2.24, 2.45) is 0 Å². The second-order valence-corrected chi connectivity index (χ2v) is 10.5. The summed E-state index contributed by atoms with van der Waals surface area (Å²) in [5, 5.41) is 7.92. The van der Waals surface area contributed by atoms with Gasteiger partial charge in [-0.25, -0.2) is 4.98 Å². The van der Waals surface area contributed by atoms with E-state index in [0.717, 1.165) is 0 Å². The third kappa shape index (κ3) is 9.51. The second kappa shape index (κ2) is 14.9. The maximum absolute atomic E-state index is 13.7. The molecule has 222 valence electrons. The van der Waals surface area contributed by atoms with Gasteiger partial charge in [0.15, 0.2) is 0 Å². The first-order valence-corrected chi connectivity index (χ1v) is 14.1. The summed E-state index contributed by atoms with van der Waals surface area (Å²) < 4.78 is 75.2. The van der Waals surface area contributed by atoms with E-state index in [-0.39, 0.29) is 49.8 Å². The molecular weight excluding hydrogens is 566 g/mol. The minimum atomic E-state index is -4.75. The van der Waals surface area contributed by atoms with Crippen LogP contribution in [0.5, 0.6) is 0 Å². The molecule has 41 heavy (non-hydrogen) atoms. The Labute approximate surface area is 235 Å². The van der Waals surface area contributed by atoms with Crippen LogP contribution in [0.3, 0.4) is 0 Å². The summed E-state index contributed by atoms with van der Waals surface area (Å²) in [4.78, 5) is 20.0. The average Bonchev–Trinajstić information content (AvgIpc) is 2.94. The van der Waals surface area contributed by atoms with Crippen LogP contribution in [-0.2, 0) is 35.4 Å². The molecule has 1 amide bonds. The van der Waals surface area contributed by atoms with Gasteiger partial charge in [0.2, 0.25) is 5.95 Å². The van der Waals surface area contributed by atoms with Gasteiger partial charge in [-0.3, -0.25) is 9.36 Å². The molecule has 15 heteroatoms. The molecule has 3 aromatic rings. The van der Waals surface area contributed by atoms with Crippen molar-refractivity contribution >= 4 is 36.6 Å². The number of hydrogen-bond donors (Lipinski definition) is 3. The number of carbonyl (C=O) groups is 1. The Balaban J connectivity index is 1.80. The van der Waals surface area contributed by atoms with Gasteiger partial charge in [-0.2, -0.15) is 18.2 Å². The molecule has 0 radical (unpaired) electrons. The van der Waals surface area contributed by atoms with Gasteiger partial charge in [0.1, 0.15) is 11.4 Å². The average molecular weight is 598 g/mol. The van der Waals surface area contributed by atoms with Gasteiger partial charge in [-0.05, 0) is 29.8 Å². The van der Waals surface area contributed by atoms with Crippen LogP contribution in [0, 0.1) is 0 Å². The Morgan fingerprint density at radius 3 is 2.15 bits per heavy atom. The van der Waals surface area contributed by atoms with E-state index in [4.69, 9.17) is 18.5 Å². The van der Waals surface area contributed by atoms with Gasteiger partial charge in [0.25, 0.3) is 5.91 Å². The van der Waals surface area contributed by atoms with E-state index in [0.29, 0.717) is 17.4 Å². The minimum absolute atomic E-state index is 0.0176. The van der Waals surface area contributed by atoms with Crippen LogP contribution in [0.1, 0.15) is 21.5 Å². The number of nitrogens with one attached hydrogen (secondary N) is 3. The third-order valence-electron chi connectivity index (χ3n) is 5.48. The number of rotatable bonds is 15. The number of aromatic nitrogens is 2. The second-order valence-electron chi connectivity index (χ2n) is 8.45. The number of anilines is 4. The maximum atomic E-state index is 13.7. The van der Waals surface area contributed by atoms with Crippen LogP contribution in [-0.4, -0.2) is 63.6 Å². The monoisotopic (exact) mass is 597 g/mol. The molecule has 0 saturated carbocycles. The zero-order valence-electron chi connectivity index (χ0n) is 22.7. The number of carbonyl (C=O) groups excluding carboxylic acids is 1. The number of benzene rings is 2. The molecule has 0 aliphatic carbocycles. The topological polar surface area (TPSA) is 133 Å². The van der Waals surface area contributed by atoms with Gasteiger partial charge >= 0.3 is 13.8 Å². The van der Waals surface area contributed by atoms with Crippen LogP contribution in [0.4, 0.5) is 36.3 Å². The predicted octanol–water partition coefficient (Wildman–Crippen LogP) is 5.36. The molecule has 0 aliphatic heterocycles. The Morgan fingerprint density at radius 2 is 1.56 bits per heavy atom. The van der Waals surface area contributed by atoms with Crippen LogP contribution < -0.4 is 16.0 Å². The number of hydrogen-bond acceptors (Lipinski definition) is 10. The Kier molecular flexibility index (Phi) is 11.6. The number of ether oxygens (including phenoxy) is 2. The number of amides is 1. The first kappa shape index (κ1) is 32.0. The molecule has 1 heterocycles. The van der Waals surface area contributed by atoms with Crippen LogP contribution in [0.2, 0.25) is 0 Å². The molecule has 11 nitrogen and oxygen atoms in total. The van der Waals surface area contributed by atoms with Crippen molar-refractivity contribution in [3.63, 3.8) is 0 Å². The first-order valence-electron chi connectivity index (χ1n) is 12.3. The fraction of sp³-hybridized carbons (Fsp3) is 0.346. The third-order valence-corrected chi connectivity index (χ3v) is 7.39. The zero-order chi connectivity index (χ0) is 29.9. The lowest BCUT2D eigenvalue weighted by atomic mass is 10.1. The van der Waals surface area contributed by atoms with Crippen LogP contribution in [0.25, 0.3) is 0 Å². The fourth-order valence-electron chi connectivity index (χ4n) is 3.49. The lowest BCUT2D eigenvalue weighted by Gasteiger charge is -2.19. The summed E-state index contributed by atoms with van der Waals surface area (Å²) in [6.45, 7) is 0.634. The van der Waals surface area contributed by atoms with Crippen molar-refractivity contribution in [2.45, 2.75) is 12.3 Å². The van der Waals surface area contributed by atoms with E-state index < -0.39 is 31.1 Å². The summed E-state index contributed by atoms with van der Waals surface area (Å²) in [5.41, 5.74) is 0.261. The maximum Gasteiger partial charge on any atom is 0.421 e. The van der Waals surface area contributed by atoms with Crippen molar-refractivity contribution < 1.29 is 41.1 Å². The Bertz CT molecular complexity index is 1330. The normalized spacial score (nSPS) is 11.8. The lowest BCUT2D eigenvalue weighted by molar-refractivity contribution is -0.137. The van der Waals surface area contributed by atoms with E-state index in [2.05, 4.69) is 25.9 Å². The standard InChI is InChI=1S/C26H31F3N5O6P/c1-30-24(35)20-6-4-5-7-22(20)33-23-21(26(27,28)29)16-31-25(34-23)32-19-10-8-18(9-11-19)17-41(36,39-14-12-37-2)40-15-13-38-3/h4-11,16H,12-15,17H2,1-3H3,(H,30,35)(H2,31,32,33,34). The van der Waals surface area contributed by atoms with Crippen molar-refractivity contribution in [1.82, 2.24) is 15.3 Å². The number of para-hydroxylation sites is 1. The van der Waals surface area contributed by atoms with E-state index in [9.17, 15) is 22.5 Å². The van der Waals surface area contributed by atoms with E-state index in [1.165, 1.54) is 33.4 Å². The molecule has 0 atom stereocenters. The molecule has 3 rings (SSSR count). The minimum Gasteiger partial charge on any atom is -0.382 e. The zero-order valence-corrected chi connectivity index (χ0v) is 23.6. The summed E-state index contributed by atoms with van der Waals surface area (Å²) in [6, 6.07) is 12.7. The van der Waals surface area contributed by atoms with Crippen molar-refractivity contribution in [1.29, 1.82) is 0 Å². The first-order chi connectivity index (χ1) is 19.6. The summed E-state index contributed by atoms with van der Waals surface area (Å²) in [6.07, 6.45) is -4.12. The summed E-state index contributed by atoms with van der Waals surface area (Å²) in [7, 11) is 0.901. The van der Waals surface area contributed by atoms with Gasteiger partial charge in [0, 0.05) is 33.2 Å². The molecule has 0 saturated heterocycles. The molecule has 0 unspecified atom stereocenters. The highest BCUT2D eigenvalue weighted by molar-refractivity contribution is 7.53. The summed E-state index contributed by atoms with van der Waals surface area (Å²) in [5.74, 6) is -1.14. The Hall–Kier alpha value is -3.55.